The molecule has 0 atom stereocenters. The number of rotatable bonds is 4. The molecule has 2 aromatic carbocycles. The Morgan fingerprint density at radius 1 is 1.00 bits per heavy atom. The van der Waals surface area contributed by atoms with Crippen LogP contribution in [0.4, 0.5) is 5.95 Å². The number of amides is 1. The molecule has 0 radical (unpaired) electrons. The molecular weight excluding hydrogens is 374 g/mol. The Hall–Kier alpha value is -3.64. The van der Waals surface area contributed by atoms with E-state index in [4.69, 9.17) is 23.1 Å². The van der Waals surface area contributed by atoms with Crippen molar-refractivity contribution in [2.24, 2.45) is 5.73 Å². The first-order valence-electron chi connectivity index (χ1n) is 8.50. The van der Waals surface area contributed by atoms with Crippen LogP contribution in [0.15, 0.2) is 66.9 Å². The summed E-state index contributed by atoms with van der Waals surface area (Å²) in [7, 11) is 0. The topological polar surface area (TPSA) is 111 Å². The van der Waals surface area contributed by atoms with Crippen LogP contribution in [0.3, 0.4) is 0 Å². The Morgan fingerprint density at radius 2 is 1.82 bits per heavy atom. The van der Waals surface area contributed by atoms with Crippen molar-refractivity contribution in [3.05, 3.63) is 77.4 Å². The van der Waals surface area contributed by atoms with Gasteiger partial charge in [-0.05, 0) is 35.9 Å². The minimum atomic E-state index is -0.498. The third-order valence-electron chi connectivity index (χ3n) is 4.36. The molecule has 0 aliphatic heterocycles. The standard InChI is InChI=1S/C21H16ClN5O/c22-13-5-3-4-12(10-13)19-16(14-6-1-2-7-15(14)20(23)28)11-18(26-19)17-8-9-25-21(24)27-17/h1-11,26H,(H2,23,28)(H2,24,25,27). The van der Waals surface area contributed by atoms with Crippen molar-refractivity contribution in [1.29, 1.82) is 0 Å². The number of nitrogen functional groups attached to an aromatic ring is 1. The van der Waals surface area contributed by atoms with Gasteiger partial charge in [0, 0.05) is 27.9 Å². The van der Waals surface area contributed by atoms with Gasteiger partial charge in [0.1, 0.15) is 0 Å². The second kappa shape index (κ2) is 7.17. The summed E-state index contributed by atoms with van der Waals surface area (Å²) in [6.07, 6.45) is 1.59. The molecule has 138 valence electrons. The number of nitrogens with zero attached hydrogens (tertiary/aromatic N) is 2. The number of anilines is 1. The van der Waals surface area contributed by atoms with E-state index in [1.54, 1.807) is 30.5 Å². The number of hydrogen-bond acceptors (Lipinski definition) is 4. The average Bonchev–Trinajstić information content (AvgIpc) is 3.13. The highest BCUT2D eigenvalue weighted by Gasteiger charge is 2.18. The molecule has 7 heteroatoms. The van der Waals surface area contributed by atoms with Gasteiger partial charge in [0.05, 0.1) is 17.1 Å². The number of carbonyl (C=O) groups excluding carboxylic acids is 1. The van der Waals surface area contributed by atoms with Gasteiger partial charge in [0.15, 0.2) is 0 Å². The summed E-state index contributed by atoms with van der Waals surface area (Å²) in [4.78, 5) is 23.6. The fourth-order valence-corrected chi connectivity index (χ4v) is 3.32. The minimum Gasteiger partial charge on any atom is -0.368 e. The van der Waals surface area contributed by atoms with Crippen LogP contribution in [0.1, 0.15) is 10.4 Å². The van der Waals surface area contributed by atoms with E-state index in [9.17, 15) is 4.79 Å². The first-order valence-corrected chi connectivity index (χ1v) is 8.88. The lowest BCUT2D eigenvalue weighted by molar-refractivity contribution is 0.100. The molecular formula is C21H16ClN5O. The molecule has 0 aliphatic rings. The zero-order valence-electron chi connectivity index (χ0n) is 14.7. The van der Waals surface area contributed by atoms with E-state index in [0.717, 1.165) is 28.1 Å². The number of aromatic nitrogens is 3. The van der Waals surface area contributed by atoms with E-state index in [-0.39, 0.29) is 5.95 Å². The van der Waals surface area contributed by atoms with E-state index >= 15 is 0 Å². The maximum Gasteiger partial charge on any atom is 0.249 e. The van der Waals surface area contributed by atoms with Crippen molar-refractivity contribution in [3.8, 4) is 33.8 Å². The lowest BCUT2D eigenvalue weighted by Gasteiger charge is -2.08. The monoisotopic (exact) mass is 389 g/mol. The van der Waals surface area contributed by atoms with E-state index in [0.29, 0.717) is 16.3 Å². The summed E-state index contributed by atoms with van der Waals surface area (Å²) in [5, 5.41) is 0.606. The van der Waals surface area contributed by atoms with Crippen LogP contribution in [0, 0.1) is 0 Å². The smallest absolute Gasteiger partial charge is 0.249 e. The minimum absolute atomic E-state index is 0.176. The molecule has 4 rings (SSSR count). The van der Waals surface area contributed by atoms with Crippen LogP contribution in [0.5, 0.6) is 0 Å². The summed E-state index contributed by atoms with van der Waals surface area (Å²) >= 11 is 6.19. The molecule has 0 unspecified atom stereocenters. The number of primary amides is 1. The summed E-state index contributed by atoms with van der Waals surface area (Å²) < 4.78 is 0. The number of hydrogen-bond donors (Lipinski definition) is 3. The molecule has 5 N–H and O–H groups in total. The maximum absolute atomic E-state index is 12.0. The lowest BCUT2D eigenvalue weighted by Crippen LogP contribution is -2.12. The lowest BCUT2D eigenvalue weighted by atomic mass is 9.96. The molecule has 0 fully saturated rings. The maximum atomic E-state index is 12.0. The van der Waals surface area contributed by atoms with Gasteiger partial charge < -0.3 is 16.5 Å². The molecule has 0 spiro atoms. The molecule has 2 heterocycles. The number of nitrogens with two attached hydrogens (primary N) is 2. The molecule has 0 saturated heterocycles. The summed E-state index contributed by atoms with van der Waals surface area (Å²) in [6.45, 7) is 0. The predicted molar refractivity (Wildman–Crippen MR) is 111 cm³/mol. The molecule has 0 bridgehead atoms. The number of nitrogens with one attached hydrogen (secondary N) is 1. The van der Waals surface area contributed by atoms with Gasteiger partial charge in [-0.25, -0.2) is 9.97 Å². The first kappa shape index (κ1) is 17.8. The molecule has 0 saturated carbocycles. The summed E-state index contributed by atoms with van der Waals surface area (Å²) in [6, 6.07) is 18.3. The van der Waals surface area contributed by atoms with Gasteiger partial charge in [0.2, 0.25) is 11.9 Å². The van der Waals surface area contributed by atoms with Crippen molar-refractivity contribution < 1.29 is 4.79 Å². The normalized spacial score (nSPS) is 10.8. The third kappa shape index (κ3) is 3.33. The van der Waals surface area contributed by atoms with Crippen molar-refractivity contribution in [3.63, 3.8) is 0 Å². The Kier molecular flexibility index (Phi) is 4.55. The van der Waals surface area contributed by atoms with Crippen LogP contribution in [0.2, 0.25) is 5.02 Å². The Morgan fingerprint density at radius 3 is 2.57 bits per heavy atom. The Bertz CT molecular complexity index is 1180. The van der Waals surface area contributed by atoms with Crippen molar-refractivity contribution in [1.82, 2.24) is 15.0 Å². The van der Waals surface area contributed by atoms with E-state index in [2.05, 4.69) is 15.0 Å². The summed E-state index contributed by atoms with van der Waals surface area (Å²) in [5.74, 6) is -0.322. The molecule has 4 aromatic rings. The highest BCUT2D eigenvalue weighted by molar-refractivity contribution is 6.30. The van der Waals surface area contributed by atoms with Gasteiger partial charge >= 0.3 is 0 Å². The summed E-state index contributed by atoms with van der Waals surface area (Å²) in [5.41, 5.74) is 16.3. The van der Waals surface area contributed by atoms with Gasteiger partial charge in [-0.15, -0.1) is 0 Å². The zero-order valence-corrected chi connectivity index (χ0v) is 15.4. The SMILES string of the molecule is NC(=O)c1ccccc1-c1cc(-c2ccnc(N)n2)[nH]c1-c1cccc(Cl)c1. The van der Waals surface area contributed by atoms with E-state index < -0.39 is 5.91 Å². The highest BCUT2D eigenvalue weighted by atomic mass is 35.5. The van der Waals surface area contributed by atoms with E-state index in [1.165, 1.54) is 0 Å². The Balaban J connectivity index is 1.98. The van der Waals surface area contributed by atoms with Crippen LogP contribution in [-0.2, 0) is 0 Å². The van der Waals surface area contributed by atoms with Crippen LogP contribution >= 0.6 is 11.6 Å². The van der Waals surface area contributed by atoms with Crippen molar-refractivity contribution in [2.75, 3.05) is 5.73 Å². The van der Waals surface area contributed by atoms with Crippen LogP contribution in [0.25, 0.3) is 33.8 Å². The molecule has 1 amide bonds. The predicted octanol–water partition coefficient (Wildman–Crippen LogP) is 4.14. The largest absolute Gasteiger partial charge is 0.368 e. The van der Waals surface area contributed by atoms with Crippen molar-refractivity contribution in [2.45, 2.75) is 0 Å². The second-order valence-corrected chi connectivity index (χ2v) is 6.63. The quantitative estimate of drug-likeness (QED) is 0.487. The number of halogens is 1. The average molecular weight is 390 g/mol. The number of benzene rings is 2. The number of carbonyl (C=O) groups is 1. The zero-order chi connectivity index (χ0) is 19.7. The first-order chi connectivity index (χ1) is 13.5. The van der Waals surface area contributed by atoms with Crippen LogP contribution < -0.4 is 11.5 Å². The fourth-order valence-electron chi connectivity index (χ4n) is 3.13. The van der Waals surface area contributed by atoms with Gasteiger partial charge in [-0.2, -0.15) is 0 Å². The van der Waals surface area contributed by atoms with Gasteiger partial charge in [-0.3, -0.25) is 4.79 Å². The number of H-pyrrole nitrogens is 1. The second-order valence-electron chi connectivity index (χ2n) is 6.19. The third-order valence-corrected chi connectivity index (χ3v) is 4.60. The molecule has 6 nitrogen and oxygen atoms in total. The van der Waals surface area contributed by atoms with Gasteiger partial charge in [0.25, 0.3) is 0 Å². The Labute approximate surface area is 166 Å². The molecule has 0 aliphatic carbocycles. The van der Waals surface area contributed by atoms with E-state index in [1.807, 2.05) is 36.4 Å². The van der Waals surface area contributed by atoms with Crippen molar-refractivity contribution >= 4 is 23.5 Å². The molecule has 28 heavy (non-hydrogen) atoms. The number of aromatic amines is 1. The highest BCUT2D eigenvalue weighted by Crippen LogP contribution is 2.37. The van der Waals surface area contributed by atoms with Crippen LogP contribution in [-0.4, -0.2) is 20.9 Å². The fraction of sp³-hybridized carbons (Fsp3) is 0. The van der Waals surface area contributed by atoms with Gasteiger partial charge in [-0.1, -0.05) is 41.9 Å². The molecule has 2 aromatic heterocycles.